The second-order valence-corrected chi connectivity index (χ2v) is 5.18. The number of hydrogen-bond acceptors (Lipinski definition) is 6. The van der Waals surface area contributed by atoms with Crippen molar-refractivity contribution in [2.24, 2.45) is 23.2 Å². The number of esters is 1. The highest BCUT2D eigenvalue weighted by atomic mass is 16.5. The van der Waals surface area contributed by atoms with Crippen molar-refractivity contribution in [3.63, 3.8) is 0 Å². The van der Waals surface area contributed by atoms with Gasteiger partial charge in [0, 0.05) is 7.11 Å². The summed E-state index contributed by atoms with van der Waals surface area (Å²) in [6.45, 7) is -0.147. The predicted molar refractivity (Wildman–Crippen MR) is 67.4 cm³/mol. The van der Waals surface area contributed by atoms with Crippen LogP contribution in [0, 0.1) is 23.2 Å². The summed E-state index contributed by atoms with van der Waals surface area (Å²) >= 11 is 0. The first-order valence-electron chi connectivity index (χ1n) is 6.30. The van der Waals surface area contributed by atoms with Gasteiger partial charge in [0.05, 0.1) is 37.4 Å². The Kier molecular flexibility index (Phi) is 5.42. The standard InChI is InChI=1S/C13H18O8/c1-20-6-13(5-14)4-7(11(16)17)10(12(18)19)8(13)3-9(15)21-2/h5,7-8,10H,3-4,6H2,1-2H3,(H,16,17)(H,18,19). The lowest BCUT2D eigenvalue weighted by molar-refractivity contribution is -0.155. The molecule has 8 heteroatoms. The maximum atomic E-state index is 11.5. The van der Waals surface area contributed by atoms with Crippen LogP contribution in [0.25, 0.3) is 0 Å². The van der Waals surface area contributed by atoms with Crippen LogP contribution in [0.2, 0.25) is 0 Å². The summed E-state index contributed by atoms with van der Waals surface area (Å²) in [6, 6.07) is 0. The highest BCUT2D eigenvalue weighted by Crippen LogP contribution is 2.51. The highest BCUT2D eigenvalue weighted by Gasteiger charge is 2.59. The van der Waals surface area contributed by atoms with Crippen LogP contribution in [0.1, 0.15) is 12.8 Å². The van der Waals surface area contributed by atoms with Gasteiger partial charge in [-0.25, -0.2) is 0 Å². The number of carboxylic acid groups (broad SMARTS) is 2. The Hall–Kier alpha value is -1.96. The fourth-order valence-electron chi connectivity index (χ4n) is 3.11. The zero-order valence-corrected chi connectivity index (χ0v) is 11.8. The Labute approximate surface area is 121 Å². The first kappa shape index (κ1) is 17.1. The Morgan fingerprint density at radius 3 is 2.24 bits per heavy atom. The lowest BCUT2D eigenvalue weighted by Crippen LogP contribution is -2.38. The minimum Gasteiger partial charge on any atom is -0.481 e. The molecule has 0 spiro atoms. The minimum absolute atomic E-state index is 0.147. The molecule has 0 saturated heterocycles. The summed E-state index contributed by atoms with van der Waals surface area (Å²) in [5.41, 5.74) is -1.32. The molecule has 1 aliphatic rings. The Morgan fingerprint density at radius 1 is 1.24 bits per heavy atom. The van der Waals surface area contributed by atoms with E-state index in [1.807, 2.05) is 0 Å². The summed E-state index contributed by atoms with van der Waals surface area (Å²) in [7, 11) is 2.46. The molecule has 0 aliphatic heterocycles. The number of carbonyl (C=O) groups is 4. The molecule has 0 aromatic carbocycles. The summed E-state index contributed by atoms with van der Waals surface area (Å²) in [6.07, 6.45) is -0.0271. The van der Waals surface area contributed by atoms with Crippen molar-refractivity contribution in [2.45, 2.75) is 12.8 Å². The molecule has 1 fully saturated rings. The molecule has 0 aromatic rings. The molecule has 1 rings (SSSR count). The third kappa shape index (κ3) is 3.21. The molecule has 4 unspecified atom stereocenters. The first-order chi connectivity index (χ1) is 9.82. The quantitative estimate of drug-likeness (QED) is 0.489. The molecule has 0 amide bonds. The van der Waals surface area contributed by atoms with E-state index >= 15 is 0 Å². The molecule has 0 heterocycles. The lowest BCUT2D eigenvalue weighted by Gasteiger charge is -2.30. The molecule has 0 radical (unpaired) electrons. The van der Waals surface area contributed by atoms with Gasteiger partial charge in [0.2, 0.25) is 0 Å². The van der Waals surface area contributed by atoms with Crippen LogP contribution in [-0.2, 0) is 28.7 Å². The monoisotopic (exact) mass is 302 g/mol. The van der Waals surface area contributed by atoms with Gasteiger partial charge in [-0.1, -0.05) is 0 Å². The van der Waals surface area contributed by atoms with Crippen molar-refractivity contribution in [1.29, 1.82) is 0 Å². The Balaban J connectivity index is 3.27. The van der Waals surface area contributed by atoms with Gasteiger partial charge in [0.15, 0.2) is 0 Å². The largest absolute Gasteiger partial charge is 0.481 e. The highest BCUT2D eigenvalue weighted by molar-refractivity contribution is 5.84. The van der Waals surface area contributed by atoms with E-state index in [4.69, 9.17) is 4.74 Å². The van der Waals surface area contributed by atoms with E-state index in [0.717, 1.165) is 7.11 Å². The van der Waals surface area contributed by atoms with Gasteiger partial charge >= 0.3 is 17.9 Å². The van der Waals surface area contributed by atoms with Crippen molar-refractivity contribution in [1.82, 2.24) is 0 Å². The van der Waals surface area contributed by atoms with E-state index in [1.165, 1.54) is 7.11 Å². The third-order valence-corrected chi connectivity index (χ3v) is 4.07. The molecule has 2 N–H and O–H groups in total. The SMILES string of the molecule is COCC1(C=O)CC(C(=O)O)C(C(=O)O)C1CC(=O)OC. The normalized spacial score (nSPS) is 31.6. The topological polar surface area (TPSA) is 127 Å². The van der Waals surface area contributed by atoms with Gasteiger partial charge in [0.1, 0.15) is 6.29 Å². The van der Waals surface area contributed by atoms with Crippen LogP contribution in [0.15, 0.2) is 0 Å². The first-order valence-corrected chi connectivity index (χ1v) is 6.30. The molecule has 1 saturated carbocycles. The van der Waals surface area contributed by atoms with Crippen molar-refractivity contribution in [3.05, 3.63) is 0 Å². The van der Waals surface area contributed by atoms with Crippen LogP contribution in [0.4, 0.5) is 0 Å². The van der Waals surface area contributed by atoms with Gasteiger partial charge in [0.25, 0.3) is 0 Å². The average Bonchev–Trinajstić information content (AvgIpc) is 2.74. The third-order valence-electron chi connectivity index (χ3n) is 4.07. The molecule has 118 valence electrons. The predicted octanol–water partition coefficient (Wildman–Crippen LogP) is -0.197. The van der Waals surface area contributed by atoms with Crippen molar-refractivity contribution < 1.29 is 38.9 Å². The van der Waals surface area contributed by atoms with E-state index in [-0.39, 0.29) is 19.4 Å². The molecule has 0 aromatic heterocycles. The zero-order valence-electron chi connectivity index (χ0n) is 11.8. The molecule has 1 aliphatic carbocycles. The molecular formula is C13H18O8. The number of ether oxygens (including phenoxy) is 2. The summed E-state index contributed by atoms with van der Waals surface area (Å²) < 4.78 is 9.47. The Morgan fingerprint density at radius 2 is 1.86 bits per heavy atom. The number of carboxylic acids is 2. The fraction of sp³-hybridized carbons (Fsp3) is 0.692. The maximum Gasteiger partial charge on any atom is 0.307 e. The van der Waals surface area contributed by atoms with Gasteiger partial charge in [-0.3, -0.25) is 14.4 Å². The van der Waals surface area contributed by atoms with Crippen LogP contribution in [0.5, 0.6) is 0 Å². The van der Waals surface area contributed by atoms with Gasteiger partial charge in [-0.05, 0) is 12.3 Å². The number of aliphatic carboxylic acids is 2. The van der Waals surface area contributed by atoms with E-state index < -0.39 is 41.1 Å². The summed E-state index contributed by atoms with van der Waals surface area (Å²) in [5.74, 6) is -6.94. The maximum absolute atomic E-state index is 11.5. The number of methoxy groups -OCH3 is 2. The second-order valence-electron chi connectivity index (χ2n) is 5.18. The van der Waals surface area contributed by atoms with E-state index in [1.54, 1.807) is 0 Å². The smallest absolute Gasteiger partial charge is 0.307 e. The summed E-state index contributed by atoms with van der Waals surface area (Å²) in [5, 5.41) is 18.5. The Bertz CT molecular complexity index is 445. The number of rotatable bonds is 7. The molecule has 4 atom stereocenters. The van der Waals surface area contributed by atoms with Crippen LogP contribution in [-0.4, -0.2) is 55.2 Å². The average molecular weight is 302 g/mol. The van der Waals surface area contributed by atoms with Crippen LogP contribution in [0.3, 0.4) is 0 Å². The van der Waals surface area contributed by atoms with Crippen molar-refractivity contribution in [2.75, 3.05) is 20.8 Å². The van der Waals surface area contributed by atoms with Crippen molar-refractivity contribution >= 4 is 24.2 Å². The zero-order chi connectivity index (χ0) is 16.2. The number of aldehydes is 1. The number of hydrogen-bond donors (Lipinski definition) is 2. The van der Waals surface area contributed by atoms with E-state index in [2.05, 4.69) is 4.74 Å². The van der Waals surface area contributed by atoms with Gasteiger partial charge in [-0.2, -0.15) is 0 Å². The van der Waals surface area contributed by atoms with E-state index in [0.29, 0.717) is 6.29 Å². The molecule has 0 bridgehead atoms. The lowest BCUT2D eigenvalue weighted by atomic mass is 9.75. The van der Waals surface area contributed by atoms with E-state index in [9.17, 15) is 29.4 Å². The van der Waals surface area contributed by atoms with Crippen molar-refractivity contribution in [3.8, 4) is 0 Å². The summed E-state index contributed by atoms with van der Waals surface area (Å²) in [4.78, 5) is 45.7. The van der Waals surface area contributed by atoms with Gasteiger partial charge < -0.3 is 24.5 Å². The molecular weight excluding hydrogens is 284 g/mol. The fourth-order valence-corrected chi connectivity index (χ4v) is 3.11. The number of carbonyl (C=O) groups excluding carboxylic acids is 2. The molecule has 8 nitrogen and oxygen atoms in total. The van der Waals surface area contributed by atoms with Crippen LogP contribution < -0.4 is 0 Å². The minimum atomic E-state index is -1.35. The second kappa shape index (κ2) is 6.66. The van der Waals surface area contributed by atoms with Gasteiger partial charge in [-0.15, -0.1) is 0 Å². The van der Waals surface area contributed by atoms with Crippen LogP contribution >= 0.6 is 0 Å². The molecule has 21 heavy (non-hydrogen) atoms.